The Morgan fingerprint density at radius 2 is 2.18 bits per heavy atom. The van der Waals surface area contributed by atoms with Gasteiger partial charge in [-0.05, 0) is 18.2 Å². The zero-order valence-corrected chi connectivity index (χ0v) is 9.61. The van der Waals surface area contributed by atoms with Crippen LogP contribution in [-0.4, -0.2) is 33.1 Å². The van der Waals surface area contributed by atoms with Gasteiger partial charge in [-0.15, -0.1) is 0 Å². The SMILES string of the molecule is COC(=O)c1cc(N(C)CC(F)F)ccc1N. The zero-order valence-electron chi connectivity index (χ0n) is 9.61. The van der Waals surface area contributed by atoms with E-state index in [-0.39, 0.29) is 11.3 Å². The Kier molecular flexibility index (Phi) is 4.25. The van der Waals surface area contributed by atoms with Crippen LogP contribution < -0.4 is 10.6 Å². The number of carbonyl (C=O) groups excluding carboxylic acids is 1. The third-order valence-corrected chi connectivity index (χ3v) is 2.29. The average molecular weight is 244 g/mol. The molecule has 0 fully saturated rings. The summed E-state index contributed by atoms with van der Waals surface area (Å²) in [6, 6.07) is 4.50. The lowest BCUT2D eigenvalue weighted by Gasteiger charge is -2.19. The molecule has 17 heavy (non-hydrogen) atoms. The minimum absolute atomic E-state index is 0.172. The molecule has 0 aromatic heterocycles. The van der Waals surface area contributed by atoms with E-state index < -0.39 is 18.9 Å². The Labute approximate surface area is 98.0 Å². The molecule has 0 aliphatic rings. The van der Waals surface area contributed by atoms with E-state index in [1.165, 1.54) is 31.2 Å². The normalized spacial score (nSPS) is 10.4. The minimum Gasteiger partial charge on any atom is -0.465 e. The number of benzene rings is 1. The molecule has 0 atom stereocenters. The first-order valence-corrected chi connectivity index (χ1v) is 4.92. The van der Waals surface area contributed by atoms with Gasteiger partial charge in [-0.25, -0.2) is 13.6 Å². The number of esters is 1. The lowest BCUT2D eigenvalue weighted by Crippen LogP contribution is -2.24. The summed E-state index contributed by atoms with van der Waals surface area (Å²) in [5.74, 6) is -0.588. The highest BCUT2D eigenvalue weighted by Gasteiger charge is 2.14. The van der Waals surface area contributed by atoms with Crippen LogP contribution in [0.5, 0.6) is 0 Å². The molecule has 0 aliphatic heterocycles. The van der Waals surface area contributed by atoms with Gasteiger partial charge in [-0.2, -0.15) is 0 Å². The number of alkyl halides is 2. The number of hydrogen-bond acceptors (Lipinski definition) is 4. The maximum atomic E-state index is 12.2. The molecule has 1 aromatic carbocycles. The fraction of sp³-hybridized carbons (Fsp3) is 0.364. The van der Waals surface area contributed by atoms with Gasteiger partial charge in [0.1, 0.15) is 0 Å². The molecule has 0 spiro atoms. The van der Waals surface area contributed by atoms with E-state index in [0.717, 1.165) is 0 Å². The number of hydrogen-bond donors (Lipinski definition) is 1. The molecule has 94 valence electrons. The van der Waals surface area contributed by atoms with Crippen LogP contribution in [0.15, 0.2) is 18.2 Å². The van der Waals surface area contributed by atoms with Crippen LogP contribution in [-0.2, 0) is 4.74 Å². The Balaban J connectivity index is 2.99. The number of methoxy groups -OCH3 is 1. The molecule has 4 nitrogen and oxygen atoms in total. The maximum absolute atomic E-state index is 12.2. The van der Waals surface area contributed by atoms with Crippen LogP contribution in [0, 0.1) is 0 Å². The summed E-state index contributed by atoms with van der Waals surface area (Å²) in [5, 5.41) is 0. The molecular formula is C11H14F2N2O2. The summed E-state index contributed by atoms with van der Waals surface area (Å²) in [6.07, 6.45) is -2.45. The molecule has 0 aliphatic carbocycles. The van der Waals surface area contributed by atoms with Gasteiger partial charge in [-0.1, -0.05) is 0 Å². The third-order valence-electron chi connectivity index (χ3n) is 2.29. The van der Waals surface area contributed by atoms with Crippen molar-refractivity contribution in [3.8, 4) is 0 Å². The van der Waals surface area contributed by atoms with Crippen molar-refractivity contribution < 1.29 is 18.3 Å². The molecule has 0 saturated heterocycles. The fourth-order valence-electron chi connectivity index (χ4n) is 1.38. The molecule has 1 aromatic rings. The van der Waals surface area contributed by atoms with Crippen molar-refractivity contribution in [1.29, 1.82) is 0 Å². The number of nitrogens with two attached hydrogens (primary N) is 1. The van der Waals surface area contributed by atoms with E-state index in [2.05, 4.69) is 4.74 Å². The molecule has 0 amide bonds. The summed E-state index contributed by atoms with van der Waals surface area (Å²) in [6.45, 7) is -0.412. The predicted molar refractivity (Wildman–Crippen MR) is 61.5 cm³/mol. The second kappa shape index (κ2) is 5.47. The summed E-state index contributed by atoms with van der Waals surface area (Å²) >= 11 is 0. The minimum atomic E-state index is -2.45. The average Bonchev–Trinajstić information content (AvgIpc) is 2.27. The number of nitrogens with zero attached hydrogens (tertiary/aromatic N) is 1. The number of nitrogen functional groups attached to an aromatic ring is 1. The number of carbonyl (C=O) groups is 1. The predicted octanol–water partition coefficient (Wildman–Crippen LogP) is 1.76. The molecular weight excluding hydrogens is 230 g/mol. The van der Waals surface area contributed by atoms with E-state index in [1.807, 2.05) is 0 Å². The molecule has 0 bridgehead atoms. The van der Waals surface area contributed by atoms with Crippen molar-refractivity contribution in [2.45, 2.75) is 6.43 Å². The lowest BCUT2D eigenvalue weighted by atomic mass is 10.1. The van der Waals surface area contributed by atoms with Crippen molar-refractivity contribution >= 4 is 17.3 Å². The fourth-order valence-corrected chi connectivity index (χ4v) is 1.38. The number of anilines is 2. The van der Waals surface area contributed by atoms with E-state index in [9.17, 15) is 13.6 Å². The van der Waals surface area contributed by atoms with Gasteiger partial charge in [-0.3, -0.25) is 0 Å². The van der Waals surface area contributed by atoms with Gasteiger partial charge in [0.05, 0.1) is 19.2 Å². The quantitative estimate of drug-likeness (QED) is 0.647. The highest BCUT2D eigenvalue weighted by molar-refractivity contribution is 5.96. The monoisotopic (exact) mass is 244 g/mol. The Bertz CT molecular complexity index is 410. The first-order chi connectivity index (χ1) is 7.95. The van der Waals surface area contributed by atoms with Crippen LogP contribution in [0.2, 0.25) is 0 Å². The first kappa shape index (κ1) is 13.2. The van der Waals surface area contributed by atoms with Gasteiger partial charge in [0, 0.05) is 18.4 Å². The van der Waals surface area contributed by atoms with Gasteiger partial charge in [0.15, 0.2) is 0 Å². The standard InChI is InChI=1S/C11H14F2N2O2/c1-15(6-10(12)13)7-3-4-9(14)8(5-7)11(16)17-2/h3-5,10H,6,14H2,1-2H3. The van der Waals surface area contributed by atoms with Crippen molar-refractivity contribution in [3.05, 3.63) is 23.8 Å². The lowest BCUT2D eigenvalue weighted by molar-refractivity contribution is 0.0602. The van der Waals surface area contributed by atoms with Gasteiger partial charge in [0.2, 0.25) is 0 Å². The molecule has 1 rings (SSSR count). The first-order valence-electron chi connectivity index (χ1n) is 4.92. The van der Waals surface area contributed by atoms with Crippen molar-refractivity contribution in [1.82, 2.24) is 0 Å². The van der Waals surface area contributed by atoms with Gasteiger partial charge in [0.25, 0.3) is 6.43 Å². The smallest absolute Gasteiger partial charge is 0.340 e. The number of rotatable bonds is 4. The molecule has 0 saturated carbocycles. The van der Waals surface area contributed by atoms with Crippen LogP contribution in [0.25, 0.3) is 0 Å². The third kappa shape index (κ3) is 3.30. The van der Waals surface area contributed by atoms with Crippen molar-refractivity contribution in [2.24, 2.45) is 0 Å². The van der Waals surface area contributed by atoms with Gasteiger partial charge < -0.3 is 15.4 Å². The Morgan fingerprint density at radius 3 is 2.71 bits per heavy atom. The summed E-state index contributed by atoms with van der Waals surface area (Å²) < 4.78 is 29.0. The van der Waals surface area contributed by atoms with E-state index in [1.54, 1.807) is 6.07 Å². The summed E-state index contributed by atoms with van der Waals surface area (Å²) in [4.78, 5) is 12.7. The number of halogens is 2. The second-order valence-corrected chi connectivity index (χ2v) is 3.53. The molecule has 2 N–H and O–H groups in total. The van der Waals surface area contributed by atoms with Gasteiger partial charge >= 0.3 is 5.97 Å². The van der Waals surface area contributed by atoms with E-state index in [4.69, 9.17) is 5.73 Å². The highest BCUT2D eigenvalue weighted by Crippen LogP contribution is 2.21. The summed E-state index contributed by atoms with van der Waals surface area (Å²) in [5.41, 5.74) is 6.51. The van der Waals surface area contributed by atoms with Crippen LogP contribution in [0.1, 0.15) is 10.4 Å². The van der Waals surface area contributed by atoms with E-state index in [0.29, 0.717) is 5.69 Å². The molecule has 0 radical (unpaired) electrons. The summed E-state index contributed by atoms with van der Waals surface area (Å²) in [7, 11) is 2.75. The van der Waals surface area contributed by atoms with Crippen molar-refractivity contribution in [2.75, 3.05) is 31.3 Å². The van der Waals surface area contributed by atoms with Crippen LogP contribution >= 0.6 is 0 Å². The molecule has 6 heteroatoms. The zero-order chi connectivity index (χ0) is 13.0. The van der Waals surface area contributed by atoms with Crippen LogP contribution in [0.3, 0.4) is 0 Å². The Hall–Kier alpha value is -1.85. The van der Waals surface area contributed by atoms with Crippen molar-refractivity contribution in [3.63, 3.8) is 0 Å². The molecule has 0 heterocycles. The second-order valence-electron chi connectivity index (χ2n) is 3.53. The maximum Gasteiger partial charge on any atom is 0.340 e. The van der Waals surface area contributed by atoms with E-state index >= 15 is 0 Å². The van der Waals surface area contributed by atoms with Crippen LogP contribution in [0.4, 0.5) is 20.2 Å². The molecule has 0 unspecified atom stereocenters. The topological polar surface area (TPSA) is 55.6 Å². The Morgan fingerprint density at radius 1 is 1.53 bits per heavy atom. The number of ether oxygens (including phenoxy) is 1. The largest absolute Gasteiger partial charge is 0.465 e. The highest BCUT2D eigenvalue weighted by atomic mass is 19.3.